The molecule has 0 amide bonds. The van der Waals surface area contributed by atoms with Gasteiger partial charge in [0.25, 0.3) is 0 Å². The van der Waals surface area contributed by atoms with Crippen LogP contribution in [0.5, 0.6) is 0 Å². The summed E-state index contributed by atoms with van der Waals surface area (Å²) in [7, 11) is 1.35. The average molecular weight is 264 g/mol. The van der Waals surface area contributed by atoms with Gasteiger partial charge >= 0.3 is 5.97 Å². The second-order valence-electron chi connectivity index (χ2n) is 5.41. The van der Waals surface area contributed by atoms with Gasteiger partial charge in [-0.3, -0.25) is 4.79 Å². The van der Waals surface area contributed by atoms with Gasteiger partial charge in [-0.15, -0.1) is 0 Å². The molecule has 1 N–H and O–H groups in total. The molecule has 0 spiro atoms. The minimum Gasteiger partial charge on any atom is -0.469 e. The Labute approximate surface area is 115 Å². The van der Waals surface area contributed by atoms with Crippen molar-refractivity contribution >= 4 is 5.97 Å². The highest BCUT2D eigenvalue weighted by Crippen LogP contribution is 2.33. The number of aliphatic hydroxyl groups is 1. The maximum absolute atomic E-state index is 11.8. The predicted molar refractivity (Wildman–Crippen MR) is 75.9 cm³/mol. The first-order valence-electron chi connectivity index (χ1n) is 6.75. The predicted octanol–water partition coefficient (Wildman–Crippen LogP) is 3.22. The zero-order valence-electron chi connectivity index (χ0n) is 12.4. The fourth-order valence-corrected chi connectivity index (χ4v) is 2.34. The standard InChI is InChI=1S/C16H24O3/c1-6-14(15(17)19-5)16(4,18)13-9-7-12(8-10-13)11(2)3/h7-11,14,18H,6H2,1-5H3. The monoisotopic (exact) mass is 264 g/mol. The van der Waals surface area contributed by atoms with Crippen molar-refractivity contribution in [2.75, 3.05) is 7.11 Å². The van der Waals surface area contributed by atoms with Gasteiger partial charge in [0.1, 0.15) is 5.60 Å². The lowest BCUT2D eigenvalue weighted by atomic mass is 9.80. The third-order valence-corrected chi connectivity index (χ3v) is 3.73. The molecule has 0 aliphatic heterocycles. The van der Waals surface area contributed by atoms with E-state index in [-0.39, 0.29) is 5.97 Å². The molecular formula is C16H24O3. The fraction of sp³-hybridized carbons (Fsp3) is 0.562. The van der Waals surface area contributed by atoms with Gasteiger partial charge in [-0.25, -0.2) is 0 Å². The van der Waals surface area contributed by atoms with Gasteiger partial charge in [-0.05, 0) is 30.4 Å². The highest BCUT2D eigenvalue weighted by Gasteiger charge is 2.38. The summed E-state index contributed by atoms with van der Waals surface area (Å²) in [5.41, 5.74) is 0.747. The van der Waals surface area contributed by atoms with E-state index in [1.165, 1.54) is 12.7 Å². The lowest BCUT2D eigenvalue weighted by Crippen LogP contribution is -2.37. The number of rotatable bonds is 5. The number of carbonyl (C=O) groups excluding carboxylic acids is 1. The Kier molecular flexibility index (Phi) is 5.12. The molecule has 0 saturated carbocycles. The van der Waals surface area contributed by atoms with Crippen LogP contribution in [0.2, 0.25) is 0 Å². The van der Waals surface area contributed by atoms with Crippen LogP contribution in [-0.2, 0) is 15.1 Å². The highest BCUT2D eigenvalue weighted by molar-refractivity contribution is 5.74. The van der Waals surface area contributed by atoms with Crippen LogP contribution < -0.4 is 0 Å². The first kappa shape index (κ1) is 15.7. The summed E-state index contributed by atoms with van der Waals surface area (Å²) in [5, 5.41) is 10.7. The average Bonchev–Trinajstić information content (AvgIpc) is 2.39. The van der Waals surface area contributed by atoms with Crippen molar-refractivity contribution < 1.29 is 14.6 Å². The molecule has 2 atom stereocenters. The normalized spacial score (nSPS) is 15.9. The van der Waals surface area contributed by atoms with E-state index in [2.05, 4.69) is 13.8 Å². The highest BCUT2D eigenvalue weighted by atomic mass is 16.5. The lowest BCUT2D eigenvalue weighted by Gasteiger charge is -2.31. The summed E-state index contributed by atoms with van der Waals surface area (Å²) in [5.74, 6) is -0.482. The molecule has 0 saturated heterocycles. The molecule has 0 radical (unpaired) electrons. The van der Waals surface area contributed by atoms with Crippen LogP contribution in [0.25, 0.3) is 0 Å². The van der Waals surface area contributed by atoms with Crippen LogP contribution in [0.4, 0.5) is 0 Å². The molecule has 0 bridgehead atoms. The molecule has 0 aliphatic rings. The molecule has 2 unspecified atom stereocenters. The van der Waals surface area contributed by atoms with Crippen LogP contribution in [-0.4, -0.2) is 18.2 Å². The number of methoxy groups -OCH3 is 1. The van der Waals surface area contributed by atoms with Crippen molar-refractivity contribution in [3.05, 3.63) is 35.4 Å². The van der Waals surface area contributed by atoms with Crippen molar-refractivity contribution in [1.82, 2.24) is 0 Å². The largest absolute Gasteiger partial charge is 0.469 e. The van der Waals surface area contributed by atoms with Gasteiger partial charge in [0, 0.05) is 0 Å². The summed E-state index contributed by atoms with van der Waals surface area (Å²) in [6.45, 7) is 7.79. The molecule has 3 heteroatoms. The van der Waals surface area contributed by atoms with Gasteiger partial charge < -0.3 is 9.84 Å². The molecule has 1 rings (SSSR count). The summed E-state index contributed by atoms with van der Waals surface area (Å²) >= 11 is 0. The van der Waals surface area contributed by atoms with Crippen molar-refractivity contribution in [1.29, 1.82) is 0 Å². The smallest absolute Gasteiger partial charge is 0.311 e. The molecule has 1 aromatic carbocycles. The SMILES string of the molecule is CCC(C(=O)OC)C(C)(O)c1ccc(C(C)C)cc1. The Morgan fingerprint density at radius 3 is 2.21 bits per heavy atom. The van der Waals surface area contributed by atoms with Crippen molar-refractivity contribution in [3.63, 3.8) is 0 Å². The molecule has 0 heterocycles. The van der Waals surface area contributed by atoms with E-state index in [0.717, 1.165) is 5.56 Å². The van der Waals surface area contributed by atoms with E-state index in [1.807, 2.05) is 31.2 Å². The van der Waals surface area contributed by atoms with Crippen molar-refractivity contribution in [3.8, 4) is 0 Å². The van der Waals surface area contributed by atoms with E-state index in [9.17, 15) is 9.90 Å². The van der Waals surface area contributed by atoms with E-state index < -0.39 is 11.5 Å². The molecule has 0 fully saturated rings. The van der Waals surface area contributed by atoms with Gasteiger partial charge in [0.05, 0.1) is 13.0 Å². The number of ether oxygens (including phenoxy) is 1. The number of hydrogen-bond acceptors (Lipinski definition) is 3. The summed E-state index contributed by atoms with van der Waals surface area (Å²) in [4.78, 5) is 11.8. The molecule has 0 aromatic heterocycles. The molecule has 106 valence electrons. The third kappa shape index (κ3) is 3.35. The van der Waals surface area contributed by atoms with Crippen molar-refractivity contribution in [2.45, 2.75) is 45.6 Å². The minimum absolute atomic E-state index is 0.375. The Morgan fingerprint density at radius 2 is 1.84 bits per heavy atom. The van der Waals surface area contributed by atoms with E-state index in [1.54, 1.807) is 6.92 Å². The minimum atomic E-state index is -1.21. The summed E-state index contributed by atoms with van der Waals surface area (Å²) in [6, 6.07) is 7.78. The summed E-state index contributed by atoms with van der Waals surface area (Å²) < 4.78 is 4.77. The van der Waals surface area contributed by atoms with E-state index in [0.29, 0.717) is 12.3 Å². The zero-order valence-corrected chi connectivity index (χ0v) is 12.4. The van der Waals surface area contributed by atoms with Gasteiger partial charge in [-0.1, -0.05) is 45.0 Å². The quantitative estimate of drug-likeness (QED) is 0.831. The maximum atomic E-state index is 11.8. The zero-order chi connectivity index (χ0) is 14.6. The number of esters is 1. The van der Waals surface area contributed by atoms with Gasteiger partial charge in [-0.2, -0.15) is 0 Å². The fourth-order valence-electron chi connectivity index (χ4n) is 2.34. The Balaban J connectivity index is 3.07. The maximum Gasteiger partial charge on any atom is 0.311 e. The van der Waals surface area contributed by atoms with Gasteiger partial charge in [0.2, 0.25) is 0 Å². The number of benzene rings is 1. The van der Waals surface area contributed by atoms with E-state index >= 15 is 0 Å². The number of carbonyl (C=O) groups is 1. The molecule has 19 heavy (non-hydrogen) atoms. The first-order valence-corrected chi connectivity index (χ1v) is 6.75. The Bertz CT molecular complexity index is 418. The number of hydrogen-bond donors (Lipinski definition) is 1. The molecule has 0 aliphatic carbocycles. The molecule has 3 nitrogen and oxygen atoms in total. The van der Waals surface area contributed by atoms with Crippen LogP contribution in [0.1, 0.15) is 51.2 Å². The second-order valence-corrected chi connectivity index (χ2v) is 5.41. The first-order chi connectivity index (χ1) is 8.84. The van der Waals surface area contributed by atoms with Crippen LogP contribution in [0.15, 0.2) is 24.3 Å². The van der Waals surface area contributed by atoms with Crippen LogP contribution in [0.3, 0.4) is 0 Å². The molecule has 1 aromatic rings. The van der Waals surface area contributed by atoms with Crippen LogP contribution >= 0.6 is 0 Å². The van der Waals surface area contributed by atoms with E-state index in [4.69, 9.17) is 4.74 Å². The van der Waals surface area contributed by atoms with Gasteiger partial charge in [0.15, 0.2) is 0 Å². The second kappa shape index (κ2) is 6.20. The summed E-state index contributed by atoms with van der Waals surface area (Å²) in [6.07, 6.45) is 0.533. The van der Waals surface area contributed by atoms with Crippen LogP contribution in [0, 0.1) is 5.92 Å². The topological polar surface area (TPSA) is 46.5 Å². The Hall–Kier alpha value is -1.35. The van der Waals surface area contributed by atoms with Crippen molar-refractivity contribution in [2.24, 2.45) is 5.92 Å². The third-order valence-electron chi connectivity index (χ3n) is 3.73. The lowest BCUT2D eigenvalue weighted by molar-refractivity contribution is -0.155. The molecular weight excluding hydrogens is 240 g/mol. The Morgan fingerprint density at radius 1 is 1.32 bits per heavy atom.